The first-order valence-electron chi connectivity index (χ1n) is 6.96. The average molecular weight is 346 g/mol. The molecule has 0 fully saturated rings. The first-order valence-corrected chi connectivity index (χ1v) is 7.71. The van der Waals surface area contributed by atoms with Crippen molar-refractivity contribution in [2.24, 2.45) is 11.1 Å². The van der Waals surface area contributed by atoms with Crippen LogP contribution in [0.25, 0.3) is 0 Å². The third-order valence-corrected chi connectivity index (χ3v) is 3.95. The molecule has 7 heteroatoms. The molecule has 0 aliphatic rings. The van der Waals surface area contributed by atoms with Gasteiger partial charge in [0.1, 0.15) is 0 Å². The number of hydrogen-bond donors (Lipinski definition) is 2. The van der Waals surface area contributed by atoms with Crippen LogP contribution in [0.3, 0.4) is 0 Å². The first kappa shape index (κ1) is 18.7. The molecule has 0 saturated heterocycles. The number of para-hydroxylation sites is 1. The van der Waals surface area contributed by atoms with Crippen molar-refractivity contribution in [3.05, 3.63) is 28.2 Å². The van der Waals surface area contributed by atoms with Crippen molar-refractivity contribution in [2.45, 2.75) is 20.8 Å². The average Bonchev–Trinajstić information content (AvgIpc) is 2.48. The number of rotatable bonds is 6. The molecule has 0 unspecified atom stereocenters. The summed E-state index contributed by atoms with van der Waals surface area (Å²) in [5.74, 6) is -0.532. The van der Waals surface area contributed by atoms with Crippen LogP contribution in [0.15, 0.2) is 18.2 Å². The molecule has 2 amide bonds. The fourth-order valence-electron chi connectivity index (χ4n) is 1.81. The summed E-state index contributed by atoms with van der Waals surface area (Å²) in [6.07, 6.45) is 0. The fraction of sp³-hybridized carbons (Fsp3) is 0.467. The van der Waals surface area contributed by atoms with E-state index in [1.165, 1.54) is 4.90 Å². The van der Waals surface area contributed by atoms with Gasteiger partial charge >= 0.3 is 0 Å². The topological polar surface area (TPSA) is 75.4 Å². The summed E-state index contributed by atoms with van der Waals surface area (Å²) in [6, 6.07) is 4.94. The Morgan fingerprint density at radius 3 is 2.27 bits per heavy atom. The maximum absolute atomic E-state index is 12.4. The van der Waals surface area contributed by atoms with Crippen molar-refractivity contribution in [2.75, 3.05) is 25.0 Å². The van der Waals surface area contributed by atoms with Crippen molar-refractivity contribution in [1.29, 1.82) is 0 Å². The highest BCUT2D eigenvalue weighted by Gasteiger charge is 2.31. The predicted octanol–water partition coefficient (Wildman–Crippen LogP) is 2.77. The van der Waals surface area contributed by atoms with Crippen LogP contribution in [0.5, 0.6) is 0 Å². The maximum atomic E-state index is 12.4. The van der Waals surface area contributed by atoms with Crippen molar-refractivity contribution in [3.8, 4) is 0 Å². The summed E-state index contributed by atoms with van der Waals surface area (Å²) in [7, 11) is 0. The molecule has 0 aliphatic carbocycles. The highest BCUT2D eigenvalue weighted by molar-refractivity contribution is 6.39. The normalized spacial score (nSPS) is 11.2. The molecule has 1 aromatic rings. The minimum Gasteiger partial charge on any atom is -0.333 e. The number of hydrogen-bond acceptors (Lipinski definition) is 3. The monoisotopic (exact) mass is 345 g/mol. The molecule has 0 atom stereocenters. The smallest absolute Gasteiger partial charge is 0.244 e. The summed E-state index contributed by atoms with van der Waals surface area (Å²) < 4.78 is 0. The van der Waals surface area contributed by atoms with Crippen molar-refractivity contribution in [1.82, 2.24) is 4.90 Å². The van der Waals surface area contributed by atoms with Crippen LogP contribution in [0, 0.1) is 5.41 Å². The van der Waals surface area contributed by atoms with E-state index in [0.717, 1.165) is 0 Å². The second-order valence-electron chi connectivity index (χ2n) is 5.55. The van der Waals surface area contributed by atoms with Crippen molar-refractivity contribution >= 4 is 40.7 Å². The number of carbonyl (C=O) groups is 2. The van der Waals surface area contributed by atoms with E-state index in [1.807, 2.05) is 0 Å². The number of nitrogens with one attached hydrogen (secondary N) is 1. The summed E-state index contributed by atoms with van der Waals surface area (Å²) in [5.41, 5.74) is 5.25. The SMILES string of the molecule is CCN(CC(=O)Nc1c(Cl)cccc1Cl)C(=O)C(C)(C)CN. The summed E-state index contributed by atoms with van der Waals surface area (Å²) in [6.45, 7) is 5.84. The van der Waals surface area contributed by atoms with E-state index >= 15 is 0 Å². The highest BCUT2D eigenvalue weighted by Crippen LogP contribution is 2.29. The lowest BCUT2D eigenvalue weighted by molar-refractivity contribution is -0.142. The molecular formula is C15H21Cl2N3O2. The van der Waals surface area contributed by atoms with Gasteiger partial charge in [0.25, 0.3) is 0 Å². The lowest BCUT2D eigenvalue weighted by Crippen LogP contribution is -2.47. The molecule has 0 saturated carbocycles. The molecule has 0 heterocycles. The molecule has 3 N–H and O–H groups in total. The summed E-state index contributed by atoms with van der Waals surface area (Å²) >= 11 is 12.0. The molecule has 122 valence electrons. The van der Waals surface area contributed by atoms with E-state index < -0.39 is 5.41 Å². The van der Waals surface area contributed by atoms with Gasteiger partial charge in [-0.05, 0) is 32.9 Å². The zero-order valence-corrected chi connectivity index (χ0v) is 14.5. The van der Waals surface area contributed by atoms with E-state index in [2.05, 4.69) is 5.32 Å². The Morgan fingerprint density at radius 1 is 1.27 bits per heavy atom. The molecular weight excluding hydrogens is 325 g/mol. The van der Waals surface area contributed by atoms with Gasteiger partial charge in [-0.3, -0.25) is 9.59 Å². The van der Waals surface area contributed by atoms with Gasteiger partial charge in [-0.15, -0.1) is 0 Å². The van der Waals surface area contributed by atoms with Gasteiger partial charge in [0, 0.05) is 13.1 Å². The number of benzene rings is 1. The van der Waals surface area contributed by atoms with Gasteiger partial charge in [0.2, 0.25) is 11.8 Å². The number of nitrogens with zero attached hydrogens (tertiary/aromatic N) is 1. The van der Waals surface area contributed by atoms with Gasteiger partial charge in [-0.2, -0.15) is 0 Å². The molecule has 0 radical (unpaired) electrons. The Labute approximate surface area is 140 Å². The van der Waals surface area contributed by atoms with Gasteiger partial charge in [-0.25, -0.2) is 0 Å². The Hall–Kier alpha value is -1.30. The minimum atomic E-state index is -0.710. The highest BCUT2D eigenvalue weighted by atomic mass is 35.5. The quantitative estimate of drug-likeness (QED) is 0.832. The first-order chi connectivity index (χ1) is 10.2. The van der Waals surface area contributed by atoms with Gasteiger partial charge in [0.15, 0.2) is 0 Å². The summed E-state index contributed by atoms with van der Waals surface area (Å²) in [5, 5.41) is 3.33. The molecule has 0 spiro atoms. The zero-order valence-electron chi connectivity index (χ0n) is 13.0. The lowest BCUT2D eigenvalue weighted by atomic mass is 9.92. The third-order valence-electron chi connectivity index (χ3n) is 3.32. The minimum absolute atomic E-state index is 0.0830. The second kappa shape index (κ2) is 7.81. The number of nitrogens with two attached hydrogens (primary N) is 1. The van der Waals surface area contributed by atoms with Crippen molar-refractivity contribution in [3.63, 3.8) is 0 Å². The van der Waals surface area contributed by atoms with Crippen LogP contribution in [-0.2, 0) is 9.59 Å². The predicted molar refractivity (Wildman–Crippen MR) is 90.2 cm³/mol. The van der Waals surface area contributed by atoms with Crippen LogP contribution in [0.2, 0.25) is 10.0 Å². The Bertz CT molecular complexity index is 541. The number of halogens is 2. The molecule has 22 heavy (non-hydrogen) atoms. The number of amides is 2. The third kappa shape index (κ3) is 4.60. The fourth-order valence-corrected chi connectivity index (χ4v) is 2.30. The zero-order chi connectivity index (χ0) is 16.9. The lowest BCUT2D eigenvalue weighted by Gasteiger charge is -2.29. The molecule has 0 bridgehead atoms. The number of carbonyl (C=O) groups excluding carboxylic acids is 2. The molecule has 5 nitrogen and oxygen atoms in total. The number of anilines is 1. The molecule has 1 aromatic carbocycles. The van der Waals surface area contributed by atoms with E-state index in [0.29, 0.717) is 22.3 Å². The van der Waals surface area contributed by atoms with E-state index in [4.69, 9.17) is 28.9 Å². The van der Waals surface area contributed by atoms with Crippen molar-refractivity contribution < 1.29 is 9.59 Å². The van der Waals surface area contributed by atoms with E-state index in [-0.39, 0.29) is 24.9 Å². The van der Waals surface area contributed by atoms with Crippen LogP contribution >= 0.6 is 23.2 Å². The van der Waals surface area contributed by atoms with Gasteiger partial charge in [0.05, 0.1) is 27.7 Å². The molecule has 0 aliphatic heterocycles. The Balaban J connectivity index is 2.80. The maximum Gasteiger partial charge on any atom is 0.244 e. The standard InChI is InChI=1S/C15H21Cl2N3O2/c1-4-20(14(22)15(2,3)9-18)8-12(21)19-13-10(16)6-5-7-11(13)17/h5-7H,4,8-9,18H2,1-3H3,(H,19,21). The van der Waals surface area contributed by atoms with Gasteiger partial charge < -0.3 is 16.0 Å². The van der Waals surface area contributed by atoms with Crippen LogP contribution in [-0.4, -0.2) is 36.3 Å². The molecule has 0 aromatic heterocycles. The number of likely N-dealkylation sites (N-methyl/N-ethyl adjacent to an activating group) is 1. The summed E-state index contributed by atoms with van der Waals surface area (Å²) in [4.78, 5) is 26.0. The second-order valence-corrected chi connectivity index (χ2v) is 6.37. The Morgan fingerprint density at radius 2 is 1.82 bits per heavy atom. The van der Waals surface area contributed by atoms with Crippen LogP contribution in [0.4, 0.5) is 5.69 Å². The molecule has 1 rings (SSSR count). The van der Waals surface area contributed by atoms with Crippen LogP contribution in [0.1, 0.15) is 20.8 Å². The van der Waals surface area contributed by atoms with E-state index in [1.54, 1.807) is 39.0 Å². The Kier molecular flexibility index (Phi) is 6.66. The van der Waals surface area contributed by atoms with E-state index in [9.17, 15) is 9.59 Å². The largest absolute Gasteiger partial charge is 0.333 e. The van der Waals surface area contributed by atoms with Gasteiger partial charge in [-0.1, -0.05) is 29.3 Å². The van der Waals surface area contributed by atoms with Crippen LogP contribution < -0.4 is 11.1 Å².